The fourth-order valence-corrected chi connectivity index (χ4v) is 2.73. The number of hydrogen-bond acceptors (Lipinski definition) is 3. The Morgan fingerprint density at radius 2 is 1.85 bits per heavy atom. The lowest BCUT2D eigenvalue weighted by Crippen LogP contribution is -2.46. The first-order valence-electron chi connectivity index (χ1n) is 6.27. The molecule has 0 aliphatic carbocycles. The van der Waals surface area contributed by atoms with E-state index in [1.807, 2.05) is 18.2 Å². The van der Waals surface area contributed by atoms with Gasteiger partial charge in [-0.05, 0) is 25.0 Å². The Kier molecular flexibility index (Phi) is 6.36. The summed E-state index contributed by atoms with van der Waals surface area (Å²) >= 11 is 7.34. The number of aliphatic carboxylic acids is 1. The van der Waals surface area contributed by atoms with Crippen LogP contribution in [-0.2, 0) is 9.59 Å². The van der Waals surface area contributed by atoms with Gasteiger partial charge in [0.25, 0.3) is 0 Å². The van der Waals surface area contributed by atoms with Gasteiger partial charge in [-0.25, -0.2) is 4.79 Å². The van der Waals surface area contributed by atoms with Crippen LogP contribution in [0.2, 0.25) is 5.02 Å². The quantitative estimate of drug-likeness (QED) is 0.792. The summed E-state index contributed by atoms with van der Waals surface area (Å²) in [4.78, 5) is 23.9. The molecule has 0 spiro atoms. The minimum atomic E-state index is -1.02. The van der Waals surface area contributed by atoms with Gasteiger partial charge in [-0.15, -0.1) is 11.8 Å². The van der Waals surface area contributed by atoms with Gasteiger partial charge in [0.1, 0.15) is 6.04 Å². The summed E-state index contributed by atoms with van der Waals surface area (Å²) < 4.78 is 0. The smallest absolute Gasteiger partial charge is 0.326 e. The summed E-state index contributed by atoms with van der Waals surface area (Å²) in [6.45, 7) is 5.23. The maximum Gasteiger partial charge on any atom is 0.326 e. The van der Waals surface area contributed by atoms with Crippen LogP contribution in [0.15, 0.2) is 29.2 Å². The SMILES string of the molecule is CC(Sc1ccccc1Cl)C(=O)N[C@@H](C(=O)O)C(C)C. The molecule has 0 heterocycles. The van der Waals surface area contributed by atoms with Crippen molar-refractivity contribution in [2.75, 3.05) is 0 Å². The highest BCUT2D eigenvalue weighted by atomic mass is 35.5. The molecule has 1 aromatic rings. The maximum absolute atomic E-state index is 12.0. The van der Waals surface area contributed by atoms with Gasteiger partial charge >= 0.3 is 5.97 Å². The topological polar surface area (TPSA) is 66.4 Å². The first kappa shape index (κ1) is 16.9. The van der Waals surface area contributed by atoms with E-state index in [0.29, 0.717) is 5.02 Å². The molecule has 0 aromatic heterocycles. The molecule has 4 nitrogen and oxygen atoms in total. The first-order chi connectivity index (χ1) is 9.32. The van der Waals surface area contributed by atoms with Gasteiger partial charge in [-0.2, -0.15) is 0 Å². The largest absolute Gasteiger partial charge is 0.480 e. The number of carboxylic acid groups (broad SMARTS) is 1. The maximum atomic E-state index is 12.0. The van der Waals surface area contributed by atoms with Gasteiger partial charge in [0.2, 0.25) is 5.91 Å². The molecule has 0 bridgehead atoms. The Morgan fingerprint density at radius 3 is 2.35 bits per heavy atom. The Morgan fingerprint density at radius 1 is 1.25 bits per heavy atom. The number of carbonyl (C=O) groups excluding carboxylic acids is 1. The van der Waals surface area contributed by atoms with E-state index in [0.717, 1.165) is 4.90 Å². The lowest BCUT2D eigenvalue weighted by Gasteiger charge is -2.20. The summed E-state index contributed by atoms with van der Waals surface area (Å²) in [5.41, 5.74) is 0. The second kappa shape index (κ2) is 7.55. The van der Waals surface area contributed by atoms with Crippen molar-refractivity contribution in [3.05, 3.63) is 29.3 Å². The Hall–Kier alpha value is -1.20. The summed E-state index contributed by atoms with van der Waals surface area (Å²) in [7, 11) is 0. The summed E-state index contributed by atoms with van der Waals surface area (Å²) in [5, 5.41) is 11.8. The summed E-state index contributed by atoms with van der Waals surface area (Å²) in [6, 6.07) is 6.36. The van der Waals surface area contributed by atoms with Crippen LogP contribution in [-0.4, -0.2) is 28.3 Å². The molecular formula is C14H18ClNO3S. The van der Waals surface area contributed by atoms with E-state index in [-0.39, 0.29) is 11.8 Å². The van der Waals surface area contributed by atoms with Crippen LogP contribution in [0, 0.1) is 5.92 Å². The molecule has 2 N–H and O–H groups in total. The van der Waals surface area contributed by atoms with Crippen LogP contribution in [0.4, 0.5) is 0 Å². The predicted octanol–water partition coefficient (Wildman–Crippen LogP) is 3.05. The molecule has 0 fully saturated rings. The van der Waals surface area contributed by atoms with E-state index >= 15 is 0 Å². The predicted molar refractivity (Wildman–Crippen MR) is 81.2 cm³/mol. The van der Waals surface area contributed by atoms with Crippen LogP contribution < -0.4 is 5.32 Å². The van der Waals surface area contributed by atoms with Gasteiger partial charge in [0.05, 0.1) is 10.3 Å². The van der Waals surface area contributed by atoms with Crippen LogP contribution in [0.1, 0.15) is 20.8 Å². The Labute approximate surface area is 127 Å². The van der Waals surface area contributed by atoms with Gasteiger partial charge in [0, 0.05) is 4.90 Å². The number of halogens is 1. The molecule has 2 atom stereocenters. The molecule has 0 saturated heterocycles. The molecule has 1 aromatic carbocycles. The van der Waals surface area contributed by atoms with E-state index in [9.17, 15) is 9.59 Å². The van der Waals surface area contributed by atoms with E-state index in [2.05, 4.69) is 5.32 Å². The number of benzene rings is 1. The Bertz CT molecular complexity index is 493. The minimum absolute atomic E-state index is 0.172. The van der Waals surface area contributed by atoms with Crippen molar-refractivity contribution in [3.63, 3.8) is 0 Å². The first-order valence-corrected chi connectivity index (χ1v) is 7.53. The Balaban J connectivity index is 2.68. The van der Waals surface area contributed by atoms with E-state index in [1.54, 1.807) is 26.8 Å². The lowest BCUT2D eigenvalue weighted by molar-refractivity contribution is -0.143. The van der Waals surface area contributed by atoms with Gasteiger partial charge < -0.3 is 10.4 Å². The molecule has 0 aliphatic heterocycles. The highest BCUT2D eigenvalue weighted by molar-refractivity contribution is 8.00. The fourth-order valence-electron chi connectivity index (χ4n) is 1.57. The van der Waals surface area contributed by atoms with Crippen LogP contribution in [0.5, 0.6) is 0 Å². The molecule has 1 rings (SSSR count). The number of amides is 1. The number of carboxylic acids is 1. The third-order valence-corrected chi connectivity index (χ3v) is 4.36. The number of rotatable bonds is 6. The minimum Gasteiger partial charge on any atom is -0.480 e. The third-order valence-electron chi connectivity index (χ3n) is 2.74. The van der Waals surface area contributed by atoms with Crippen molar-refractivity contribution in [3.8, 4) is 0 Å². The van der Waals surface area contributed by atoms with Crippen molar-refractivity contribution in [2.24, 2.45) is 5.92 Å². The zero-order chi connectivity index (χ0) is 15.3. The van der Waals surface area contributed by atoms with Crippen molar-refractivity contribution in [1.82, 2.24) is 5.32 Å². The van der Waals surface area contributed by atoms with E-state index < -0.39 is 17.3 Å². The summed E-state index contributed by atoms with van der Waals surface area (Å²) in [5.74, 6) is -1.51. The lowest BCUT2D eigenvalue weighted by atomic mass is 10.0. The fraction of sp³-hybridized carbons (Fsp3) is 0.429. The number of thioether (sulfide) groups is 1. The highest BCUT2D eigenvalue weighted by Gasteiger charge is 2.26. The number of nitrogens with one attached hydrogen (secondary N) is 1. The summed E-state index contributed by atoms with van der Waals surface area (Å²) in [6.07, 6.45) is 0. The van der Waals surface area contributed by atoms with Crippen molar-refractivity contribution in [2.45, 2.75) is 37.0 Å². The second-order valence-electron chi connectivity index (χ2n) is 4.76. The molecule has 6 heteroatoms. The average Bonchev–Trinajstić information content (AvgIpc) is 2.37. The second-order valence-corrected chi connectivity index (χ2v) is 6.55. The molecule has 20 heavy (non-hydrogen) atoms. The molecule has 1 unspecified atom stereocenters. The van der Waals surface area contributed by atoms with Crippen LogP contribution in [0.25, 0.3) is 0 Å². The molecule has 1 amide bonds. The van der Waals surface area contributed by atoms with Gasteiger partial charge in [-0.3, -0.25) is 4.79 Å². The van der Waals surface area contributed by atoms with Crippen LogP contribution in [0.3, 0.4) is 0 Å². The van der Waals surface area contributed by atoms with E-state index in [4.69, 9.17) is 16.7 Å². The number of hydrogen-bond donors (Lipinski definition) is 2. The monoisotopic (exact) mass is 315 g/mol. The van der Waals surface area contributed by atoms with Crippen molar-refractivity contribution >= 4 is 35.2 Å². The molecule has 0 aliphatic rings. The van der Waals surface area contributed by atoms with Gasteiger partial charge in [-0.1, -0.05) is 37.6 Å². The van der Waals surface area contributed by atoms with E-state index in [1.165, 1.54) is 11.8 Å². The number of carbonyl (C=O) groups is 2. The highest BCUT2D eigenvalue weighted by Crippen LogP contribution is 2.30. The molecule has 110 valence electrons. The molecule has 0 saturated carbocycles. The standard InChI is InChI=1S/C14H18ClNO3S/c1-8(2)12(14(18)19)16-13(17)9(3)20-11-7-5-4-6-10(11)15/h4-9,12H,1-3H3,(H,16,17)(H,18,19)/t9?,12-/m1/s1. The zero-order valence-corrected chi connectivity index (χ0v) is 13.2. The zero-order valence-electron chi connectivity index (χ0n) is 11.6. The molecule has 0 radical (unpaired) electrons. The normalized spacial score (nSPS) is 13.8. The van der Waals surface area contributed by atoms with Crippen molar-refractivity contribution < 1.29 is 14.7 Å². The molecular weight excluding hydrogens is 298 g/mol. The van der Waals surface area contributed by atoms with Crippen molar-refractivity contribution in [1.29, 1.82) is 0 Å². The third kappa shape index (κ3) is 4.72. The van der Waals surface area contributed by atoms with Gasteiger partial charge in [0.15, 0.2) is 0 Å². The average molecular weight is 316 g/mol. The van der Waals surface area contributed by atoms with Crippen LogP contribution >= 0.6 is 23.4 Å².